The van der Waals surface area contributed by atoms with E-state index in [1.807, 2.05) is 0 Å². The van der Waals surface area contributed by atoms with E-state index in [0.717, 1.165) is 12.1 Å². The van der Waals surface area contributed by atoms with Crippen molar-refractivity contribution in [3.05, 3.63) is 0 Å². The molecule has 3 aliphatic rings. The molecule has 1 N–H and O–H groups in total. The van der Waals surface area contributed by atoms with Gasteiger partial charge in [-0.2, -0.15) is 0 Å². The molecule has 0 aliphatic heterocycles. The van der Waals surface area contributed by atoms with Crippen molar-refractivity contribution in [1.29, 1.82) is 0 Å². The minimum Gasteiger partial charge on any atom is -0.313 e. The van der Waals surface area contributed by atoms with E-state index in [-0.39, 0.29) is 0 Å². The molecule has 0 aromatic rings. The number of hydrogen-bond acceptors (Lipinski definition) is 2. The Kier molecular flexibility index (Phi) is 3.95. The van der Waals surface area contributed by atoms with Crippen LogP contribution in [0.15, 0.2) is 0 Å². The van der Waals surface area contributed by atoms with Gasteiger partial charge in [-0.05, 0) is 51.0 Å². The summed E-state index contributed by atoms with van der Waals surface area (Å²) in [7, 11) is 2.36. The highest BCUT2D eigenvalue weighted by molar-refractivity contribution is 4.93. The third-order valence-corrected chi connectivity index (χ3v) is 5.26. The Morgan fingerprint density at radius 1 is 1.00 bits per heavy atom. The zero-order chi connectivity index (χ0) is 12.4. The Balaban J connectivity index is 1.59. The summed E-state index contributed by atoms with van der Waals surface area (Å²) in [5.41, 5.74) is 0.594. The first-order valence-corrected chi connectivity index (χ1v) is 8.21. The van der Waals surface area contributed by atoms with Crippen molar-refractivity contribution in [2.75, 3.05) is 20.1 Å². The van der Waals surface area contributed by atoms with Gasteiger partial charge in [0.1, 0.15) is 0 Å². The Morgan fingerprint density at radius 2 is 1.67 bits per heavy atom. The number of nitrogens with zero attached hydrogens (tertiary/aromatic N) is 1. The van der Waals surface area contributed by atoms with Gasteiger partial charge in [-0.1, -0.05) is 25.7 Å². The van der Waals surface area contributed by atoms with Crippen LogP contribution in [0.4, 0.5) is 0 Å². The van der Waals surface area contributed by atoms with Crippen molar-refractivity contribution < 1.29 is 0 Å². The van der Waals surface area contributed by atoms with Gasteiger partial charge >= 0.3 is 0 Å². The molecule has 2 nitrogen and oxygen atoms in total. The molecule has 3 rings (SSSR count). The number of nitrogens with one attached hydrogen (secondary N) is 1. The SMILES string of the molecule is CN(CC1(CNC2CC2)CCCCCC1)C1CC1. The lowest BCUT2D eigenvalue weighted by atomic mass is 9.79. The lowest BCUT2D eigenvalue weighted by molar-refractivity contribution is 0.141. The standard InChI is InChI=1S/C16H30N2/c1-18(15-8-9-15)13-16(12-17-14-6-7-14)10-4-2-3-5-11-16/h14-15,17H,2-13H2,1H3. The molecule has 104 valence electrons. The molecule has 0 spiro atoms. The first kappa shape index (κ1) is 12.9. The number of rotatable bonds is 6. The smallest absolute Gasteiger partial charge is 0.00936 e. The second kappa shape index (κ2) is 5.50. The van der Waals surface area contributed by atoms with E-state index in [1.165, 1.54) is 77.3 Å². The molecule has 3 aliphatic carbocycles. The molecule has 0 atom stereocenters. The quantitative estimate of drug-likeness (QED) is 0.728. The first-order chi connectivity index (χ1) is 8.77. The van der Waals surface area contributed by atoms with Gasteiger partial charge in [0.2, 0.25) is 0 Å². The van der Waals surface area contributed by atoms with E-state index in [0.29, 0.717) is 5.41 Å². The van der Waals surface area contributed by atoms with E-state index in [2.05, 4.69) is 17.3 Å². The normalized spacial score (nSPS) is 28.3. The fourth-order valence-corrected chi connectivity index (χ4v) is 3.69. The van der Waals surface area contributed by atoms with Gasteiger partial charge in [0.15, 0.2) is 0 Å². The summed E-state index contributed by atoms with van der Waals surface area (Å²) in [5, 5.41) is 3.83. The van der Waals surface area contributed by atoms with Crippen LogP contribution in [0.3, 0.4) is 0 Å². The average Bonchev–Trinajstić information content (AvgIpc) is 3.19. The molecule has 0 aromatic carbocycles. The van der Waals surface area contributed by atoms with Gasteiger partial charge in [-0.3, -0.25) is 0 Å². The van der Waals surface area contributed by atoms with Crippen LogP contribution >= 0.6 is 0 Å². The third kappa shape index (κ3) is 3.48. The molecule has 0 unspecified atom stereocenters. The van der Waals surface area contributed by atoms with Crippen molar-refractivity contribution >= 4 is 0 Å². The molecule has 0 aromatic heterocycles. The van der Waals surface area contributed by atoms with Gasteiger partial charge in [-0.15, -0.1) is 0 Å². The first-order valence-electron chi connectivity index (χ1n) is 8.21. The highest BCUT2D eigenvalue weighted by atomic mass is 15.2. The van der Waals surface area contributed by atoms with Gasteiger partial charge < -0.3 is 10.2 Å². The van der Waals surface area contributed by atoms with Gasteiger partial charge in [-0.25, -0.2) is 0 Å². The monoisotopic (exact) mass is 250 g/mol. The van der Waals surface area contributed by atoms with Crippen LogP contribution in [0.5, 0.6) is 0 Å². The summed E-state index contributed by atoms with van der Waals surface area (Å²) in [6, 6.07) is 1.79. The van der Waals surface area contributed by atoms with Gasteiger partial charge in [0.25, 0.3) is 0 Å². The Hall–Kier alpha value is -0.0800. The Bertz CT molecular complexity index is 260. The maximum atomic E-state index is 3.83. The van der Waals surface area contributed by atoms with E-state index < -0.39 is 0 Å². The summed E-state index contributed by atoms with van der Waals surface area (Å²) in [6.07, 6.45) is 14.5. The Labute approximate surface area is 113 Å². The lowest BCUT2D eigenvalue weighted by Crippen LogP contribution is -2.44. The van der Waals surface area contributed by atoms with Crippen molar-refractivity contribution in [3.8, 4) is 0 Å². The minimum absolute atomic E-state index is 0.594. The summed E-state index contributed by atoms with van der Waals surface area (Å²) in [6.45, 7) is 2.63. The molecule has 0 amide bonds. The zero-order valence-electron chi connectivity index (χ0n) is 12.1. The van der Waals surface area contributed by atoms with Gasteiger partial charge in [0, 0.05) is 25.2 Å². The fraction of sp³-hybridized carbons (Fsp3) is 1.00. The van der Waals surface area contributed by atoms with Gasteiger partial charge in [0.05, 0.1) is 0 Å². The average molecular weight is 250 g/mol. The van der Waals surface area contributed by atoms with Crippen LogP contribution in [-0.2, 0) is 0 Å². The van der Waals surface area contributed by atoms with Crippen molar-refractivity contribution in [2.45, 2.75) is 76.3 Å². The maximum absolute atomic E-state index is 3.83. The van der Waals surface area contributed by atoms with Crippen LogP contribution in [0.2, 0.25) is 0 Å². The second-order valence-corrected chi connectivity index (χ2v) is 7.22. The summed E-state index contributed by atoms with van der Waals surface area (Å²) >= 11 is 0. The molecule has 0 bridgehead atoms. The lowest BCUT2D eigenvalue weighted by Gasteiger charge is -2.37. The molecule has 0 saturated heterocycles. The van der Waals surface area contributed by atoms with Crippen LogP contribution < -0.4 is 5.32 Å². The molecule has 18 heavy (non-hydrogen) atoms. The summed E-state index contributed by atoms with van der Waals surface area (Å²) < 4.78 is 0. The van der Waals surface area contributed by atoms with Crippen LogP contribution in [0, 0.1) is 5.41 Å². The highest BCUT2D eigenvalue weighted by Crippen LogP contribution is 2.38. The topological polar surface area (TPSA) is 15.3 Å². The Morgan fingerprint density at radius 3 is 2.22 bits per heavy atom. The van der Waals surface area contributed by atoms with Crippen LogP contribution in [0.25, 0.3) is 0 Å². The van der Waals surface area contributed by atoms with Crippen molar-refractivity contribution in [2.24, 2.45) is 5.41 Å². The van der Waals surface area contributed by atoms with E-state index >= 15 is 0 Å². The molecular formula is C16H30N2. The summed E-state index contributed by atoms with van der Waals surface area (Å²) in [4.78, 5) is 2.67. The van der Waals surface area contributed by atoms with Crippen LogP contribution in [-0.4, -0.2) is 37.1 Å². The maximum Gasteiger partial charge on any atom is 0.00936 e. The van der Waals surface area contributed by atoms with Crippen molar-refractivity contribution in [3.63, 3.8) is 0 Å². The van der Waals surface area contributed by atoms with E-state index in [4.69, 9.17) is 0 Å². The predicted molar refractivity (Wildman–Crippen MR) is 76.8 cm³/mol. The number of hydrogen-bond donors (Lipinski definition) is 1. The third-order valence-electron chi connectivity index (χ3n) is 5.26. The van der Waals surface area contributed by atoms with E-state index in [9.17, 15) is 0 Å². The molecule has 2 heteroatoms. The molecular weight excluding hydrogens is 220 g/mol. The fourth-order valence-electron chi connectivity index (χ4n) is 3.69. The summed E-state index contributed by atoms with van der Waals surface area (Å²) in [5.74, 6) is 0. The van der Waals surface area contributed by atoms with E-state index in [1.54, 1.807) is 0 Å². The van der Waals surface area contributed by atoms with Crippen molar-refractivity contribution in [1.82, 2.24) is 10.2 Å². The highest BCUT2D eigenvalue weighted by Gasteiger charge is 2.37. The predicted octanol–water partition coefficient (Wildman–Crippen LogP) is 3.17. The minimum atomic E-state index is 0.594. The zero-order valence-corrected chi connectivity index (χ0v) is 12.1. The molecule has 3 fully saturated rings. The van der Waals surface area contributed by atoms with Crippen LogP contribution in [0.1, 0.15) is 64.2 Å². The second-order valence-electron chi connectivity index (χ2n) is 7.22. The molecule has 0 heterocycles. The molecule has 0 radical (unpaired) electrons. The largest absolute Gasteiger partial charge is 0.313 e. The molecule has 3 saturated carbocycles.